The van der Waals surface area contributed by atoms with E-state index in [1.807, 2.05) is 164 Å². The summed E-state index contributed by atoms with van der Waals surface area (Å²) >= 11 is 0. The minimum atomic E-state index is -1.85. The molecular formula is C69H72N6O17Y. The van der Waals surface area contributed by atoms with Crippen LogP contribution in [0.15, 0.2) is 216 Å². The molecule has 3 heterocycles. The van der Waals surface area contributed by atoms with Gasteiger partial charge in [-0.2, -0.15) is 0 Å². The Kier molecular flexibility index (Phi) is 27.2. The van der Waals surface area contributed by atoms with Crippen LogP contribution in [-0.2, 0) is 139 Å². The SMILES string of the molecule is COC(=O)C1O[C@@H](O[C@@H]2C(COCc3ccccc3)O[C@H](O)C(N=[N+]=[N-])[C@@H]2OCc2ccccc2)C(OC(=O)c2ccccc2)[C@H](OCc2ccccc2)[C@@H]1O[C@H]1OC(COCc2ccccc2)[C@@H](OCc2ccc(OC)cc2)[C@@H](OCc2ccccc2)C1N=[N+]=[N-].[Y]. The fourth-order valence-corrected chi connectivity index (χ4v) is 11.0. The molecular weight excluding hydrogens is 1270 g/mol. The summed E-state index contributed by atoms with van der Waals surface area (Å²) in [5.74, 6) is -1.25. The third-order valence-corrected chi connectivity index (χ3v) is 15.6. The maximum Gasteiger partial charge on any atom is 0.338 e. The van der Waals surface area contributed by atoms with Crippen molar-refractivity contribution in [2.45, 2.75) is 132 Å². The number of hydrogen-bond donors (Lipinski definition) is 1. The van der Waals surface area contributed by atoms with Crippen LogP contribution in [0.1, 0.15) is 43.7 Å². The van der Waals surface area contributed by atoms with Gasteiger partial charge in [-0.1, -0.05) is 192 Å². The molecule has 1 radical (unpaired) electrons. The summed E-state index contributed by atoms with van der Waals surface area (Å²) in [6, 6.07) is 59.0. The largest absolute Gasteiger partial charge is 0.497 e. The summed E-state index contributed by atoms with van der Waals surface area (Å²) in [7, 11) is 2.72. The normalized spacial score (nSPS) is 25.8. The van der Waals surface area contributed by atoms with Gasteiger partial charge >= 0.3 is 11.9 Å². The molecule has 6 unspecified atom stereocenters. The number of carbonyl (C=O) groups excluding carboxylic acids is 2. The molecule has 0 saturated carbocycles. The molecule has 0 aromatic heterocycles. The Morgan fingerprint density at radius 3 is 1.33 bits per heavy atom. The Balaban J connectivity index is 0.0000102. The van der Waals surface area contributed by atoms with Crippen LogP contribution >= 0.6 is 0 Å². The van der Waals surface area contributed by atoms with Crippen molar-refractivity contribution in [1.82, 2.24) is 0 Å². The van der Waals surface area contributed by atoms with Crippen LogP contribution in [-0.4, -0.2) is 136 Å². The number of ether oxygens (including phenoxy) is 14. The molecule has 3 fully saturated rings. The standard InChI is InChI=1S/C69H72N6O17.Y/c1-79-52-35-33-50(34-36-52)42-83-57-53(43-81-37-45-21-9-3-10-22-45)88-68(56(73-75-71)60(57)85-40-48-27-15-6-16-28-48)91-62-61(86-41-49-29-17-7-18-30-49)64(89-65(76)51-31-19-8-20-32-51)69(92-63(62)67(78)80-2)90-58-54(44-82-38-46-23-11-4-12-24-46)87-66(77)55(72-74-70)59(58)84-39-47-25-13-5-14-26-47;/h3-36,53-64,66,68-69,77H,37-44H2,1-2H3;/t53?,54?,55?,56?,57-,58-,59+,60+,61-,62+,63?,64?,66+,68-,69-;/m1./s1. The van der Waals surface area contributed by atoms with Crippen LogP contribution in [0.25, 0.3) is 20.9 Å². The molecule has 483 valence electrons. The van der Waals surface area contributed by atoms with E-state index in [2.05, 4.69) is 20.1 Å². The van der Waals surface area contributed by atoms with Gasteiger partial charge in [0.25, 0.3) is 0 Å². The van der Waals surface area contributed by atoms with E-state index >= 15 is 0 Å². The molecule has 0 spiro atoms. The van der Waals surface area contributed by atoms with Crippen LogP contribution in [0.3, 0.4) is 0 Å². The van der Waals surface area contributed by atoms with Crippen molar-refractivity contribution in [2.75, 3.05) is 27.4 Å². The smallest absolute Gasteiger partial charge is 0.338 e. The molecule has 15 atom stereocenters. The second kappa shape index (κ2) is 36.3. The molecule has 7 aromatic carbocycles. The zero-order valence-electron chi connectivity index (χ0n) is 51.2. The number of aliphatic hydroxyl groups excluding tert-OH is 1. The first-order valence-corrected chi connectivity index (χ1v) is 30.0. The van der Waals surface area contributed by atoms with Crippen molar-refractivity contribution in [3.8, 4) is 5.75 Å². The Hall–Kier alpha value is -7.48. The molecule has 24 heteroatoms. The molecule has 7 aromatic rings. The molecule has 93 heavy (non-hydrogen) atoms. The van der Waals surface area contributed by atoms with Gasteiger partial charge in [-0.05, 0) is 68.7 Å². The van der Waals surface area contributed by atoms with Gasteiger partial charge < -0.3 is 71.4 Å². The number of esters is 2. The minimum absolute atomic E-state index is 0. The van der Waals surface area contributed by atoms with Gasteiger partial charge in [-0.25, -0.2) is 9.59 Å². The van der Waals surface area contributed by atoms with Crippen molar-refractivity contribution < 1.29 is 114 Å². The van der Waals surface area contributed by atoms with E-state index in [0.717, 1.165) is 29.4 Å². The van der Waals surface area contributed by atoms with Crippen molar-refractivity contribution in [3.05, 3.63) is 266 Å². The molecule has 3 aliphatic rings. The van der Waals surface area contributed by atoms with Gasteiger partial charge in [-0.3, -0.25) is 0 Å². The third-order valence-electron chi connectivity index (χ3n) is 15.6. The number of rotatable bonds is 30. The van der Waals surface area contributed by atoms with Crippen molar-refractivity contribution in [1.29, 1.82) is 0 Å². The summed E-state index contributed by atoms with van der Waals surface area (Å²) in [6.45, 7) is -0.349. The zero-order chi connectivity index (χ0) is 63.9. The summed E-state index contributed by atoms with van der Waals surface area (Å²) in [4.78, 5) is 36.0. The van der Waals surface area contributed by atoms with Gasteiger partial charge in [0.05, 0.1) is 72.6 Å². The summed E-state index contributed by atoms with van der Waals surface area (Å²) < 4.78 is 91.7. The van der Waals surface area contributed by atoms with E-state index in [0.29, 0.717) is 16.9 Å². The number of methoxy groups -OCH3 is 2. The summed E-state index contributed by atoms with van der Waals surface area (Å²) in [5.41, 5.74) is 25.3. The number of aliphatic hydroxyl groups is 1. The molecule has 0 bridgehead atoms. The number of benzene rings is 7. The molecule has 23 nitrogen and oxygen atoms in total. The summed E-state index contributed by atoms with van der Waals surface area (Å²) in [5, 5.41) is 20.0. The Morgan fingerprint density at radius 2 is 0.860 bits per heavy atom. The molecule has 1 N–H and O–H groups in total. The van der Waals surface area contributed by atoms with Gasteiger partial charge in [0.2, 0.25) is 0 Å². The van der Waals surface area contributed by atoms with E-state index < -0.39 is 104 Å². The number of nitrogens with zero attached hydrogens (tertiary/aromatic N) is 6. The van der Waals surface area contributed by atoms with E-state index in [1.54, 1.807) is 49.6 Å². The number of hydrogen-bond acceptors (Lipinski definition) is 19. The molecule has 0 amide bonds. The van der Waals surface area contributed by atoms with Gasteiger partial charge in [0, 0.05) is 42.5 Å². The van der Waals surface area contributed by atoms with Crippen LogP contribution < -0.4 is 4.74 Å². The first kappa shape index (κ1) is 69.9. The minimum Gasteiger partial charge on any atom is -0.497 e. The summed E-state index contributed by atoms with van der Waals surface area (Å²) in [6.07, 6.45) is -19.4. The quantitative estimate of drug-likeness (QED) is 0.0189. The van der Waals surface area contributed by atoms with Crippen LogP contribution in [0.4, 0.5) is 0 Å². The average molecular weight is 1350 g/mol. The zero-order valence-corrected chi connectivity index (χ0v) is 54.0. The van der Waals surface area contributed by atoms with Gasteiger partial charge in [-0.15, -0.1) is 0 Å². The fraction of sp³-hybridized carbons (Fsp3) is 0.362. The molecule has 3 aliphatic heterocycles. The van der Waals surface area contributed by atoms with E-state index in [4.69, 9.17) is 66.3 Å². The second-order valence-electron chi connectivity index (χ2n) is 21.8. The number of carbonyl (C=O) groups is 2. The number of azide groups is 2. The van der Waals surface area contributed by atoms with Crippen molar-refractivity contribution in [3.63, 3.8) is 0 Å². The van der Waals surface area contributed by atoms with Crippen LogP contribution in [0.5, 0.6) is 5.75 Å². The average Bonchev–Trinajstić information content (AvgIpc) is 0.805. The Morgan fingerprint density at radius 1 is 0.452 bits per heavy atom. The van der Waals surface area contributed by atoms with Gasteiger partial charge in [0.1, 0.15) is 66.7 Å². The molecule has 10 rings (SSSR count). The maximum absolute atomic E-state index is 14.9. The fourth-order valence-electron chi connectivity index (χ4n) is 11.0. The molecule has 3 saturated heterocycles. The van der Waals surface area contributed by atoms with E-state index in [1.165, 1.54) is 0 Å². The maximum atomic E-state index is 14.9. The third kappa shape index (κ3) is 19.3. The first-order valence-electron chi connectivity index (χ1n) is 30.0. The van der Waals surface area contributed by atoms with Crippen LogP contribution in [0.2, 0.25) is 0 Å². The Labute approximate surface area is 563 Å². The second-order valence-corrected chi connectivity index (χ2v) is 21.8. The van der Waals surface area contributed by atoms with Crippen LogP contribution in [0, 0.1) is 0 Å². The predicted octanol–water partition coefficient (Wildman–Crippen LogP) is 10.5. The topological polar surface area (TPSA) is 281 Å². The van der Waals surface area contributed by atoms with E-state index in [9.17, 15) is 25.8 Å². The van der Waals surface area contributed by atoms with Gasteiger partial charge in [0.15, 0.2) is 31.1 Å². The van der Waals surface area contributed by atoms with E-state index in [-0.39, 0.29) is 91.1 Å². The molecule has 0 aliphatic carbocycles. The predicted molar refractivity (Wildman–Crippen MR) is 330 cm³/mol. The first-order chi connectivity index (χ1) is 45.2. The monoisotopic (exact) mass is 1350 g/mol. The Bertz CT molecular complexity index is 3460. The van der Waals surface area contributed by atoms with Crippen molar-refractivity contribution >= 4 is 11.9 Å². The van der Waals surface area contributed by atoms with Crippen molar-refractivity contribution in [2.24, 2.45) is 10.2 Å².